The minimum absolute atomic E-state index is 0.175. The van der Waals surface area contributed by atoms with Gasteiger partial charge >= 0.3 is 0 Å². The fourth-order valence-corrected chi connectivity index (χ4v) is 2.46. The largest absolute Gasteiger partial charge is 0.353 e. The van der Waals surface area contributed by atoms with Crippen LogP contribution in [-0.4, -0.2) is 36.3 Å². The number of imide groups is 1. The van der Waals surface area contributed by atoms with Gasteiger partial charge in [0.25, 0.3) is 0 Å². The van der Waals surface area contributed by atoms with Gasteiger partial charge in [0.15, 0.2) is 0 Å². The van der Waals surface area contributed by atoms with Gasteiger partial charge in [-0.3, -0.25) is 14.5 Å². The number of anilines is 1. The average Bonchev–Trinajstić information content (AvgIpc) is 2.45. The highest BCUT2D eigenvalue weighted by Crippen LogP contribution is 2.24. The highest BCUT2D eigenvalue weighted by Gasteiger charge is 2.32. The summed E-state index contributed by atoms with van der Waals surface area (Å²) in [4.78, 5) is 27.4. The maximum Gasteiger partial charge on any atom is 0.248 e. The van der Waals surface area contributed by atoms with E-state index >= 15 is 0 Å². The number of benzene rings is 1. The Bertz CT molecular complexity index is 600. The molecule has 1 heterocycles. The van der Waals surface area contributed by atoms with Gasteiger partial charge in [-0.1, -0.05) is 12.1 Å². The lowest BCUT2D eigenvalue weighted by Gasteiger charge is -2.35. The Balaban J connectivity index is 2.19. The number of aryl methyl sites for hydroxylation is 1. The van der Waals surface area contributed by atoms with E-state index in [1.165, 1.54) is 4.90 Å². The SMILES string of the molecule is Cc1cccc(N2CC(=O)N(CC(C)C#N)C(=O)C2)c1C. The molecule has 1 aromatic carbocycles. The van der Waals surface area contributed by atoms with Crippen molar-refractivity contribution in [2.75, 3.05) is 24.5 Å². The highest BCUT2D eigenvalue weighted by molar-refractivity contribution is 6.03. The molecule has 0 aromatic heterocycles. The van der Waals surface area contributed by atoms with Gasteiger partial charge in [0.2, 0.25) is 11.8 Å². The third kappa shape index (κ3) is 3.05. The van der Waals surface area contributed by atoms with Crippen LogP contribution in [0.15, 0.2) is 18.2 Å². The van der Waals surface area contributed by atoms with Crippen LogP contribution in [0.2, 0.25) is 0 Å². The summed E-state index contributed by atoms with van der Waals surface area (Å²) in [6.45, 7) is 6.23. The van der Waals surface area contributed by atoms with Crippen molar-refractivity contribution >= 4 is 17.5 Å². The van der Waals surface area contributed by atoms with Crippen LogP contribution in [0.4, 0.5) is 5.69 Å². The maximum atomic E-state index is 12.2. The minimum Gasteiger partial charge on any atom is -0.353 e. The number of nitriles is 1. The maximum absolute atomic E-state index is 12.2. The number of piperazine rings is 1. The van der Waals surface area contributed by atoms with Crippen molar-refractivity contribution in [3.8, 4) is 6.07 Å². The molecule has 1 unspecified atom stereocenters. The molecule has 110 valence electrons. The lowest BCUT2D eigenvalue weighted by Crippen LogP contribution is -2.55. The molecule has 1 aromatic rings. The van der Waals surface area contributed by atoms with Gasteiger partial charge in [-0.15, -0.1) is 0 Å². The number of carbonyl (C=O) groups is 2. The number of rotatable bonds is 3. The molecular formula is C16H19N3O2. The predicted octanol–water partition coefficient (Wildman–Crippen LogP) is 1.64. The zero-order valence-electron chi connectivity index (χ0n) is 12.6. The van der Waals surface area contributed by atoms with Gasteiger partial charge in [-0.05, 0) is 38.0 Å². The number of amides is 2. The summed E-state index contributed by atoms with van der Waals surface area (Å²) >= 11 is 0. The molecule has 1 aliphatic rings. The van der Waals surface area contributed by atoms with E-state index in [0.717, 1.165) is 16.8 Å². The first-order chi connectivity index (χ1) is 9.93. The molecule has 0 saturated carbocycles. The summed E-state index contributed by atoms with van der Waals surface area (Å²) in [5.41, 5.74) is 3.13. The van der Waals surface area contributed by atoms with E-state index in [4.69, 9.17) is 5.26 Å². The topological polar surface area (TPSA) is 64.4 Å². The highest BCUT2D eigenvalue weighted by atomic mass is 16.2. The van der Waals surface area contributed by atoms with Crippen LogP contribution in [0.25, 0.3) is 0 Å². The van der Waals surface area contributed by atoms with Crippen molar-refractivity contribution < 1.29 is 9.59 Å². The van der Waals surface area contributed by atoms with E-state index < -0.39 is 0 Å². The van der Waals surface area contributed by atoms with Crippen molar-refractivity contribution in [3.63, 3.8) is 0 Å². The lowest BCUT2D eigenvalue weighted by atomic mass is 10.1. The van der Waals surface area contributed by atoms with Gasteiger partial charge < -0.3 is 4.90 Å². The van der Waals surface area contributed by atoms with Crippen molar-refractivity contribution in [3.05, 3.63) is 29.3 Å². The Labute approximate surface area is 124 Å². The van der Waals surface area contributed by atoms with E-state index in [-0.39, 0.29) is 37.4 Å². The second-order valence-electron chi connectivity index (χ2n) is 5.50. The Morgan fingerprint density at radius 2 is 1.86 bits per heavy atom. The van der Waals surface area contributed by atoms with Crippen LogP contribution in [0.5, 0.6) is 0 Å². The standard InChI is InChI=1S/C16H19N3O2/c1-11(7-17)8-19-15(20)9-18(10-16(19)21)14-6-4-5-12(2)13(14)3/h4-6,11H,8-10H2,1-3H3. The molecule has 0 spiro atoms. The van der Waals surface area contributed by atoms with Crippen molar-refractivity contribution in [1.29, 1.82) is 5.26 Å². The van der Waals surface area contributed by atoms with Crippen LogP contribution < -0.4 is 4.90 Å². The second kappa shape index (κ2) is 5.96. The van der Waals surface area contributed by atoms with E-state index in [9.17, 15) is 9.59 Å². The molecule has 5 heteroatoms. The number of carbonyl (C=O) groups excluding carboxylic acids is 2. The quantitative estimate of drug-likeness (QED) is 0.792. The molecule has 0 aliphatic carbocycles. The van der Waals surface area contributed by atoms with E-state index in [1.54, 1.807) is 11.8 Å². The van der Waals surface area contributed by atoms with Gasteiger partial charge in [0.05, 0.1) is 25.1 Å². The van der Waals surface area contributed by atoms with E-state index in [2.05, 4.69) is 6.07 Å². The van der Waals surface area contributed by atoms with Crippen molar-refractivity contribution in [1.82, 2.24) is 4.90 Å². The first-order valence-electron chi connectivity index (χ1n) is 6.98. The van der Waals surface area contributed by atoms with Crippen LogP contribution in [0.3, 0.4) is 0 Å². The first-order valence-corrected chi connectivity index (χ1v) is 6.98. The Kier molecular flexibility index (Phi) is 4.27. The smallest absolute Gasteiger partial charge is 0.248 e. The summed E-state index contributed by atoms with van der Waals surface area (Å²) in [6.07, 6.45) is 0. The Morgan fingerprint density at radius 3 is 2.43 bits per heavy atom. The fourth-order valence-electron chi connectivity index (χ4n) is 2.46. The monoisotopic (exact) mass is 285 g/mol. The van der Waals surface area contributed by atoms with Crippen molar-refractivity contribution in [2.24, 2.45) is 5.92 Å². The normalized spacial score (nSPS) is 16.9. The molecule has 1 atom stereocenters. The molecule has 1 aliphatic heterocycles. The summed E-state index contributed by atoms with van der Waals surface area (Å²) < 4.78 is 0. The first kappa shape index (κ1) is 15.0. The predicted molar refractivity (Wildman–Crippen MR) is 79.6 cm³/mol. The molecule has 5 nitrogen and oxygen atoms in total. The molecule has 1 fully saturated rings. The number of nitrogens with zero attached hydrogens (tertiary/aromatic N) is 3. The Hall–Kier alpha value is -2.35. The molecule has 0 radical (unpaired) electrons. The summed E-state index contributed by atoms with van der Waals surface area (Å²) in [5, 5.41) is 8.83. The Morgan fingerprint density at radius 1 is 1.24 bits per heavy atom. The number of hydrogen-bond donors (Lipinski definition) is 0. The van der Waals surface area contributed by atoms with Crippen molar-refractivity contribution in [2.45, 2.75) is 20.8 Å². The molecule has 2 rings (SSSR count). The molecular weight excluding hydrogens is 266 g/mol. The van der Waals surface area contributed by atoms with Gasteiger partial charge in [0, 0.05) is 12.2 Å². The summed E-state index contributed by atoms with van der Waals surface area (Å²) in [6, 6.07) is 7.91. The third-order valence-corrected chi connectivity index (χ3v) is 3.85. The molecule has 1 saturated heterocycles. The zero-order chi connectivity index (χ0) is 15.6. The summed E-state index contributed by atoms with van der Waals surface area (Å²) in [7, 11) is 0. The fraction of sp³-hybridized carbons (Fsp3) is 0.438. The van der Waals surface area contributed by atoms with Crippen LogP contribution in [-0.2, 0) is 9.59 Å². The molecule has 0 bridgehead atoms. The molecule has 21 heavy (non-hydrogen) atoms. The van der Waals surface area contributed by atoms with E-state index in [1.807, 2.05) is 32.0 Å². The van der Waals surface area contributed by atoms with Crippen LogP contribution in [0.1, 0.15) is 18.1 Å². The third-order valence-electron chi connectivity index (χ3n) is 3.85. The van der Waals surface area contributed by atoms with Crippen LogP contribution >= 0.6 is 0 Å². The molecule has 2 amide bonds. The average molecular weight is 285 g/mol. The second-order valence-corrected chi connectivity index (χ2v) is 5.50. The minimum atomic E-state index is -0.342. The molecule has 0 N–H and O–H groups in total. The van der Waals surface area contributed by atoms with E-state index in [0.29, 0.717) is 0 Å². The lowest BCUT2D eigenvalue weighted by molar-refractivity contribution is -0.145. The zero-order valence-corrected chi connectivity index (χ0v) is 12.6. The van der Waals surface area contributed by atoms with Gasteiger partial charge in [0.1, 0.15) is 0 Å². The summed E-state index contributed by atoms with van der Waals surface area (Å²) in [5.74, 6) is -0.825. The van der Waals surface area contributed by atoms with Crippen LogP contribution in [0, 0.1) is 31.1 Å². The van der Waals surface area contributed by atoms with Gasteiger partial charge in [-0.25, -0.2) is 0 Å². The number of hydrogen-bond acceptors (Lipinski definition) is 4. The van der Waals surface area contributed by atoms with Gasteiger partial charge in [-0.2, -0.15) is 5.26 Å².